The minimum Gasteiger partial charge on any atom is -0.317 e. The summed E-state index contributed by atoms with van der Waals surface area (Å²) in [5.74, 6) is -0.255. The summed E-state index contributed by atoms with van der Waals surface area (Å²) < 4.78 is 26.6. The summed E-state index contributed by atoms with van der Waals surface area (Å²) in [5.41, 5.74) is 0. The van der Waals surface area contributed by atoms with Crippen molar-refractivity contribution in [3.63, 3.8) is 0 Å². The van der Waals surface area contributed by atoms with E-state index in [1.54, 1.807) is 0 Å². The minimum absolute atomic E-state index is 0.0408. The molecule has 0 aromatic rings. The van der Waals surface area contributed by atoms with Crippen molar-refractivity contribution < 1.29 is 18.0 Å². The molecule has 7 nitrogen and oxygen atoms in total. The number of nitrogens with zero attached hydrogens (tertiary/aromatic N) is 1. The van der Waals surface area contributed by atoms with Crippen LogP contribution in [-0.4, -0.2) is 57.1 Å². The second kappa shape index (κ2) is 6.85. The van der Waals surface area contributed by atoms with Crippen LogP contribution in [0.15, 0.2) is 0 Å². The van der Waals surface area contributed by atoms with Crippen molar-refractivity contribution in [2.24, 2.45) is 5.92 Å². The first-order valence-electron chi connectivity index (χ1n) is 7.40. The van der Waals surface area contributed by atoms with Crippen molar-refractivity contribution in [3.8, 4) is 0 Å². The minimum atomic E-state index is -3.48. The number of sulfonamides is 1. The van der Waals surface area contributed by atoms with Crippen molar-refractivity contribution in [1.82, 2.24) is 14.9 Å². The van der Waals surface area contributed by atoms with E-state index in [9.17, 15) is 18.0 Å². The number of hydrogen-bond acceptors (Lipinski definition) is 5. The Morgan fingerprint density at radius 2 is 1.90 bits per heavy atom. The highest BCUT2D eigenvalue weighted by Crippen LogP contribution is 2.17. The third kappa shape index (κ3) is 4.49. The molecule has 1 atom stereocenters. The molecule has 2 fully saturated rings. The Kier molecular flexibility index (Phi) is 5.34. The third-order valence-corrected chi connectivity index (χ3v) is 5.64. The zero-order valence-corrected chi connectivity index (χ0v) is 13.1. The van der Waals surface area contributed by atoms with Gasteiger partial charge in [-0.2, -0.15) is 0 Å². The average molecular weight is 317 g/mol. The predicted molar refractivity (Wildman–Crippen MR) is 77.9 cm³/mol. The maximum atomic E-state index is 12.1. The van der Waals surface area contributed by atoms with Crippen molar-refractivity contribution in [1.29, 1.82) is 0 Å². The highest BCUT2D eigenvalue weighted by Gasteiger charge is 2.34. The molecule has 0 radical (unpaired) electrons. The average Bonchev–Trinajstić information content (AvgIpc) is 2.47. The zero-order chi connectivity index (χ0) is 15.5. The molecule has 0 bridgehead atoms. The molecule has 0 aromatic carbocycles. The van der Waals surface area contributed by atoms with Crippen LogP contribution in [0.4, 0.5) is 0 Å². The van der Waals surface area contributed by atoms with E-state index in [-0.39, 0.29) is 24.5 Å². The quantitative estimate of drug-likeness (QED) is 0.663. The molecule has 0 saturated carbocycles. The first-order chi connectivity index (χ1) is 9.89. The number of rotatable bonds is 5. The molecule has 2 aliphatic heterocycles. The third-order valence-electron chi connectivity index (χ3n) is 4.23. The molecular weight excluding hydrogens is 294 g/mol. The van der Waals surface area contributed by atoms with Gasteiger partial charge in [-0.1, -0.05) is 0 Å². The number of imide groups is 1. The summed E-state index contributed by atoms with van der Waals surface area (Å²) >= 11 is 0. The van der Waals surface area contributed by atoms with Crippen molar-refractivity contribution in [3.05, 3.63) is 0 Å². The van der Waals surface area contributed by atoms with E-state index in [0.717, 1.165) is 30.8 Å². The molecule has 0 aromatic heterocycles. The van der Waals surface area contributed by atoms with E-state index in [0.29, 0.717) is 12.3 Å². The van der Waals surface area contributed by atoms with Gasteiger partial charge in [-0.25, -0.2) is 13.1 Å². The Balaban J connectivity index is 1.85. The summed E-state index contributed by atoms with van der Waals surface area (Å²) in [6.07, 6.45) is 3.05. The van der Waals surface area contributed by atoms with Crippen molar-refractivity contribution in [2.75, 3.05) is 25.9 Å². The highest BCUT2D eigenvalue weighted by atomic mass is 32.2. The molecule has 2 N–H and O–H groups in total. The number of likely N-dealkylation sites (tertiary alicyclic amines) is 1. The summed E-state index contributed by atoms with van der Waals surface area (Å²) in [5, 5.41) is 3.25. The van der Waals surface area contributed by atoms with Gasteiger partial charge in [0.1, 0.15) is 6.04 Å². The Morgan fingerprint density at radius 1 is 1.24 bits per heavy atom. The molecule has 0 aliphatic carbocycles. The first-order valence-corrected chi connectivity index (χ1v) is 9.05. The summed E-state index contributed by atoms with van der Waals surface area (Å²) in [4.78, 5) is 24.3. The van der Waals surface area contributed by atoms with Gasteiger partial charge in [-0.05, 0) is 44.7 Å². The maximum Gasteiger partial charge on any atom is 0.247 e. The topological polar surface area (TPSA) is 95.6 Å². The van der Waals surface area contributed by atoms with Crippen LogP contribution in [0.3, 0.4) is 0 Å². The lowest BCUT2D eigenvalue weighted by atomic mass is 9.96. The van der Waals surface area contributed by atoms with Gasteiger partial charge in [0, 0.05) is 13.5 Å². The van der Waals surface area contributed by atoms with Gasteiger partial charge >= 0.3 is 0 Å². The van der Waals surface area contributed by atoms with Crippen molar-refractivity contribution in [2.45, 2.75) is 38.1 Å². The first kappa shape index (κ1) is 16.4. The highest BCUT2D eigenvalue weighted by molar-refractivity contribution is 7.89. The molecule has 1 unspecified atom stereocenters. The van der Waals surface area contributed by atoms with Crippen LogP contribution in [0.25, 0.3) is 0 Å². The molecule has 2 heterocycles. The normalized spacial score (nSPS) is 25.4. The van der Waals surface area contributed by atoms with Crippen LogP contribution in [-0.2, 0) is 19.6 Å². The lowest BCUT2D eigenvalue weighted by molar-refractivity contribution is -0.147. The molecule has 2 amide bonds. The molecule has 21 heavy (non-hydrogen) atoms. The number of carbonyl (C=O) groups excluding carboxylic acids is 2. The fraction of sp³-hybridized carbons (Fsp3) is 0.846. The fourth-order valence-electron chi connectivity index (χ4n) is 2.79. The van der Waals surface area contributed by atoms with Gasteiger partial charge in [-0.15, -0.1) is 0 Å². The monoisotopic (exact) mass is 317 g/mol. The Labute approximate surface area is 125 Å². The van der Waals surface area contributed by atoms with Crippen LogP contribution in [0, 0.1) is 5.92 Å². The van der Waals surface area contributed by atoms with Gasteiger partial charge < -0.3 is 5.32 Å². The molecule has 120 valence electrons. The summed E-state index contributed by atoms with van der Waals surface area (Å²) in [6.45, 7) is 1.87. The van der Waals surface area contributed by atoms with Crippen LogP contribution in [0.5, 0.6) is 0 Å². The summed E-state index contributed by atoms with van der Waals surface area (Å²) in [6, 6.07) is -0.800. The van der Waals surface area contributed by atoms with E-state index in [2.05, 4.69) is 10.0 Å². The lowest BCUT2D eigenvalue weighted by Gasteiger charge is -2.28. The number of nitrogens with one attached hydrogen (secondary N) is 2. The lowest BCUT2D eigenvalue weighted by Crippen LogP contribution is -2.53. The van der Waals surface area contributed by atoms with Gasteiger partial charge in [0.05, 0.1) is 5.75 Å². The smallest absolute Gasteiger partial charge is 0.247 e. The molecule has 0 spiro atoms. The van der Waals surface area contributed by atoms with E-state index in [1.165, 1.54) is 7.05 Å². The molecule has 8 heteroatoms. The SMILES string of the molecule is CN1C(=O)CCC(NS(=O)(=O)CCC2CCNCC2)C1=O. The Bertz CT molecular complexity index is 500. The largest absolute Gasteiger partial charge is 0.317 e. The Hall–Kier alpha value is -0.990. The second-order valence-corrected chi connectivity index (χ2v) is 7.67. The van der Waals surface area contributed by atoms with Gasteiger partial charge in [0.25, 0.3) is 0 Å². The number of piperidine rings is 2. The van der Waals surface area contributed by atoms with Crippen LogP contribution >= 0.6 is 0 Å². The fourth-order valence-corrected chi connectivity index (χ4v) is 4.21. The summed E-state index contributed by atoms with van der Waals surface area (Å²) in [7, 11) is -2.09. The standard InChI is InChI=1S/C13H23N3O4S/c1-16-12(17)3-2-11(13(16)18)15-21(19,20)9-6-10-4-7-14-8-5-10/h10-11,14-15H,2-9H2,1H3. The second-order valence-electron chi connectivity index (χ2n) is 5.80. The molecular formula is C13H23N3O4S. The predicted octanol–water partition coefficient (Wildman–Crippen LogP) is -0.557. The zero-order valence-electron chi connectivity index (χ0n) is 12.3. The van der Waals surface area contributed by atoms with E-state index in [1.807, 2.05) is 0 Å². The van der Waals surface area contributed by atoms with Gasteiger partial charge in [0.15, 0.2) is 0 Å². The van der Waals surface area contributed by atoms with Crippen LogP contribution in [0.2, 0.25) is 0 Å². The van der Waals surface area contributed by atoms with Crippen LogP contribution in [0.1, 0.15) is 32.1 Å². The number of hydrogen-bond donors (Lipinski definition) is 2. The maximum absolute atomic E-state index is 12.1. The van der Waals surface area contributed by atoms with Gasteiger partial charge in [0.2, 0.25) is 21.8 Å². The number of amides is 2. The molecule has 2 rings (SSSR count). The molecule has 2 aliphatic rings. The van der Waals surface area contributed by atoms with Crippen LogP contribution < -0.4 is 10.0 Å². The number of likely N-dealkylation sites (N-methyl/N-ethyl adjacent to an activating group) is 1. The number of carbonyl (C=O) groups is 2. The Morgan fingerprint density at radius 3 is 2.57 bits per heavy atom. The molecule has 2 saturated heterocycles. The van der Waals surface area contributed by atoms with E-state index in [4.69, 9.17) is 0 Å². The van der Waals surface area contributed by atoms with E-state index >= 15 is 0 Å². The van der Waals surface area contributed by atoms with E-state index < -0.39 is 22.0 Å². The van der Waals surface area contributed by atoms with Crippen molar-refractivity contribution >= 4 is 21.8 Å². The van der Waals surface area contributed by atoms with Gasteiger partial charge in [-0.3, -0.25) is 14.5 Å².